The van der Waals surface area contributed by atoms with Gasteiger partial charge in [-0.1, -0.05) is 36.4 Å². The second kappa shape index (κ2) is 8.97. The summed E-state index contributed by atoms with van der Waals surface area (Å²) < 4.78 is 17.7. The summed E-state index contributed by atoms with van der Waals surface area (Å²) in [5.74, 6) is 0.768. The number of likely N-dealkylation sites (tertiary alicyclic amines) is 1. The topological polar surface area (TPSA) is 48.0 Å². The van der Waals surface area contributed by atoms with Gasteiger partial charge in [0.2, 0.25) is 0 Å². The zero-order valence-electron chi connectivity index (χ0n) is 17.0. The number of rotatable bonds is 5. The van der Waals surface area contributed by atoms with E-state index in [-0.39, 0.29) is 17.6 Å². The molecule has 0 bridgehead atoms. The van der Waals surface area contributed by atoms with Crippen LogP contribution in [0.3, 0.4) is 0 Å². The Kier molecular flexibility index (Phi) is 6.16. The third-order valence-corrected chi connectivity index (χ3v) is 6.05. The molecule has 0 aromatic heterocycles. The molecule has 0 N–H and O–H groups in total. The van der Waals surface area contributed by atoms with E-state index in [1.807, 2.05) is 41.3 Å². The molecule has 5 nitrogen and oxygen atoms in total. The zero-order chi connectivity index (χ0) is 20.1. The van der Waals surface area contributed by atoms with Crippen LogP contribution in [-0.4, -0.2) is 49.3 Å². The van der Waals surface area contributed by atoms with Crippen LogP contribution in [0.25, 0.3) is 0 Å². The summed E-state index contributed by atoms with van der Waals surface area (Å²) in [6.07, 6.45) is 3.76. The van der Waals surface area contributed by atoms with E-state index in [0.29, 0.717) is 31.0 Å². The van der Waals surface area contributed by atoms with Gasteiger partial charge in [-0.2, -0.15) is 0 Å². The lowest BCUT2D eigenvalue weighted by Crippen LogP contribution is -2.52. The van der Waals surface area contributed by atoms with E-state index in [1.165, 1.54) is 5.56 Å². The van der Waals surface area contributed by atoms with Gasteiger partial charge in [0, 0.05) is 31.7 Å². The molecule has 4 rings (SSSR count). The highest BCUT2D eigenvalue weighted by molar-refractivity contribution is 5.94. The van der Waals surface area contributed by atoms with Crippen molar-refractivity contribution in [2.75, 3.05) is 26.8 Å². The molecule has 2 heterocycles. The van der Waals surface area contributed by atoms with Crippen LogP contribution < -0.4 is 4.74 Å². The predicted octanol–water partition coefficient (Wildman–Crippen LogP) is 4.07. The molecule has 5 heteroatoms. The minimum atomic E-state index is -0.162. The largest absolute Gasteiger partial charge is 0.497 e. The number of methoxy groups -OCH3 is 1. The molecule has 2 aromatic carbocycles. The van der Waals surface area contributed by atoms with Crippen molar-refractivity contribution in [2.45, 2.75) is 44.0 Å². The first kappa shape index (κ1) is 19.9. The maximum absolute atomic E-state index is 12.9. The summed E-state index contributed by atoms with van der Waals surface area (Å²) in [5, 5.41) is 0. The monoisotopic (exact) mass is 395 g/mol. The highest BCUT2D eigenvalue weighted by Gasteiger charge is 2.41. The van der Waals surface area contributed by atoms with Crippen LogP contribution in [0.5, 0.6) is 5.75 Å². The van der Waals surface area contributed by atoms with Crippen LogP contribution in [0.4, 0.5) is 0 Å². The third kappa shape index (κ3) is 4.80. The second-order valence-electron chi connectivity index (χ2n) is 7.97. The summed E-state index contributed by atoms with van der Waals surface area (Å²) >= 11 is 0. The summed E-state index contributed by atoms with van der Waals surface area (Å²) in [7, 11) is 1.62. The fourth-order valence-corrected chi connectivity index (χ4v) is 4.32. The smallest absolute Gasteiger partial charge is 0.253 e. The van der Waals surface area contributed by atoms with Crippen LogP contribution in [-0.2, 0) is 16.1 Å². The van der Waals surface area contributed by atoms with E-state index < -0.39 is 0 Å². The molecule has 0 aliphatic carbocycles. The number of carbonyl (C=O) groups is 1. The first-order valence-corrected chi connectivity index (χ1v) is 10.4. The molecule has 1 unspecified atom stereocenters. The Hall–Kier alpha value is -2.37. The van der Waals surface area contributed by atoms with E-state index in [2.05, 4.69) is 12.1 Å². The maximum Gasteiger partial charge on any atom is 0.253 e. The SMILES string of the molecule is COc1cccc(C(=O)N2CCC3(CC2)CC(OCc2ccccc2)CCO3)c1. The van der Waals surface area contributed by atoms with Crippen LogP contribution in [0.15, 0.2) is 54.6 Å². The second-order valence-corrected chi connectivity index (χ2v) is 7.97. The van der Waals surface area contributed by atoms with E-state index >= 15 is 0 Å². The summed E-state index contributed by atoms with van der Waals surface area (Å²) in [6.45, 7) is 2.79. The van der Waals surface area contributed by atoms with Crippen molar-refractivity contribution in [3.63, 3.8) is 0 Å². The molecular weight excluding hydrogens is 366 g/mol. The van der Waals surface area contributed by atoms with Crippen LogP contribution in [0, 0.1) is 0 Å². The molecule has 2 aromatic rings. The molecule has 29 heavy (non-hydrogen) atoms. The first-order valence-electron chi connectivity index (χ1n) is 10.4. The predicted molar refractivity (Wildman–Crippen MR) is 111 cm³/mol. The molecule has 1 amide bonds. The molecular formula is C24H29NO4. The molecule has 0 saturated carbocycles. The van der Waals surface area contributed by atoms with Crippen molar-refractivity contribution in [1.82, 2.24) is 4.90 Å². The molecule has 0 radical (unpaired) electrons. The highest BCUT2D eigenvalue weighted by atomic mass is 16.5. The summed E-state index contributed by atoms with van der Waals surface area (Å²) in [5.41, 5.74) is 1.71. The van der Waals surface area contributed by atoms with Crippen molar-refractivity contribution in [2.24, 2.45) is 0 Å². The molecule has 154 valence electrons. The number of benzene rings is 2. The van der Waals surface area contributed by atoms with Gasteiger partial charge in [-0.3, -0.25) is 4.79 Å². The van der Waals surface area contributed by atoms with Gasteiger partial charge in [0.15, 0.2) is 0 Å². The van der Waals surface area contributed by atoms with Crippen LogP contribution in [0.2, 0.25) is 0 Å². The normalized spacial score (nSPS) is 21.1. The molecule has 2 aliphatic heterocycles. The van der Waals surface area contributed by atoms with Gasteiger partial charge in [0.1, 0.15) is 5.75 Å². The average Bonchev–Trinajstić information content (AvgIpc) is 2.79. The number of ether oxygens (including phenoxy) is 3. The standard InChI is InChI=1S/C24H29NO4/c1-27-21-9-5-8-20(16-21)23(26)25-13-11-24(12-14-25)17-22(10-15-29-24)28-18-19-6-3-2-4-7-19/h2-9,16,22H,10-15,17-18H2,1H3. The molecule has 2 fully saturated rings. The summed E-state index contributed by atoms with van der Waals surface area (Å²) in [4.78, 5) is 14.8. The number of piperidine rings is 1. The number of hydrogen-bond donors (Lipinski definition) is 0. The van der Waals surface area contributed by atoms with E-state index in [1.54, 1.807) is 13.2 Å². The maximum atomic E-state index is 12.9. The van der Waals surface area contributed by atoms with E-state index in [4.69, 9.17) is 14.2 Å². The van der Waals surface area contributed by atoms with Gasteiger partial charge >= 0.3 is 0 Å². The van der Waals surface area contributed by atoms with Crippen molar-refractivity contribution >= 4 is 5.91 Å². The Morgan fingerprint density at radius 1 is 1.14 bits per heavy atom. The number of carbonyl (C=O) groups excluding carboxylic acids is 1. The Bertz CT molecular complexity index is 815. The fraction of sp³-hybridized carbons (Fsp3) is 0.458. The highest BCUT2D eigenvalue weighted by Crippen LogP contribution is 2.36. The molecule has 1 atom stereocenters. The van der Waals surface area contributed by atoms with Crippen LogP contribution in [0.1, 0.15) is 41.6 Å². The van der Waals surface area contributed by atoms with Crippen LogP contribution >= 0.6 is 0 Å². The first-order chi connectivity index (χ1) is 14.2. The van der Waals surface area contributed by atoms with E-state index in [0.717, 1.165) is 32.3 Å². The minimum absolute atomic E-state index is 0.0615. The van der Waals surface area contributed by atoms with Crippen molar-refractivity contribution in [1.29, 1.82) is 0 Å². The van der Waals surface area contributed by atoms with Crippen molar-refractivity contribution in [3.8, 4) is 5.75 Å². The fourth-order valence-electron chi connectivity index (χ4n) is 4.32. The number of amides is 1. The van der Waals surface area contributed by atoms with Crippen molar-refractivity contribution < 1.29 is 19.0 Å². The molecule has 2 aliphatic rings. The van der Waals surface area contributed by atoms with Crippen molar-refractivity contribution in [3.05, 3.63) is 65.7 Å². The zero-order valence-corrected chi connectivity index (χ0v) is 17.0. The Morgan fingerprint density at radius 2 is 1.93 bits per heavy atom. The van der Waals surface area contributed by atoms with Gasteiger partial charge in [0.05, 0.1) is 25.4 Å². The lowest BCUT2D eigenvalue weighted by atomic mass is 9.83. The lowest BCUT2D eigenvalue weighted by Gasteiger charge is -2.46. The molecule has 1 spiro atoms. The minimum Gasteiger partial charge on any atom is -0.497 e. The lowest BCUT2D eigenvalue weighted by molar-refractivity contribution is -0.154. The summed E-state index contributed by atoms with van der Waals surface area (Å²) in [6, 6.07) is 17.7. The van der Waals surface area contributed by atoms with Gasteiger partial charge in [-0.15, -0.1) is 0 Å². The average molecular weight is 395 g/mol. The molecule has 2 saturated heterocycles. The Morgan fingerprint density at radius 3 is 2.69 bits per heavy atom. The van der Waals surface area contributed by atoms with Gasteiger partial charge in [-0.05, 0) is 43.0 Å². The third-order valence-electron chi connectivity index (χ3n) is 6.05. The number of nitrogens with zero attached hydrogens (tertiary/aromatic N) is 1. The Labute approximate surface area is 172 Å². The number of hydrogen-bond acceptors (Lipinski definition) is 4. The quantitative estimate of drug-likeness (QED) is 0.766. The van der Waals surface area contributed by atoms with Gasteiger partial charge in [-0.25, -0.2) is 0 Å². The van der Waals surface area contributed by atoms with E-state index in [9.17, 15) is 4.79 Å². The van der Waals surface area contributed by atoms with Gasteiger partial charge < -0.3 is 19.1 Å². The Balaban J connectivity index is 1.32. The van der Waals surface area contributed by atoms with Gasteiger partial charge in [0.25, 0.3) is 5.91 Å².